The van der Waals surface area contributed by atoms with Crippen LogP contribution >= 0.6 is 0 Å². The highest BCUT2D eigenvalue weighted by Gasteiger charge is 2.29. The number of carbonyl (C=O) groups is 1. The number of aromatic carboxylic acids is 1. The van der Waals surface area contributed by atoms with Crippen molar-refractivity contribution in [3.05, 3.63) is 11.4 Å². The Balaban J connectivity index is 2.35. The van der Waals surface area contributed by atoms with Crippen LogP contribution in [0.25, 0.3) is 0 Å². The van der Waals surface area contributed by atoms with E-state index in [-0.39, 0.29) is 17.7 Å². The first-order valence-corrected chi connectivity index (χ1v) is 6.53. The highest BCUT2D eigenvalue weighted by atomic mass is 16.5. The molecular formula is C12H20N4O3. The van der Waals surface area contributed by atoms with Crippen molar-refractivity contribution < 1.29 is 14.6 Å². The number of ether oxygens (including phenoxy) is 1. The highest BCUT2D eigenvalue weighted by Crippen LogP contribution is 2.29. The van der Waals surface area contributed by atoms with Crippen molar-refractivity contribution in [1.82, 2.24) is 20.3 Å². The minimum atomic E-state index is -1.01. The molecule has 0 amide bonds. The lowest BCUT2D eigenvalue weighted by atomic mass is 9.92. The average molecular weight is 268 g/mol. The zero-order valence-electron chi connectivity index (χ0n) is 11.3. The van der Waals surface area contributed by atoms with Gasteiger partial charge in [-0.25, -0.2) is 9.48 Å². The molecule has 106 valence electrons. The summed E-state index contributed by atoms with van der Waals surface area (Å²) in [4.78, 5) is 11.3. The zero-order valence-corrected chi connectivity index (χ0v) is 11.3. The minimum Gasteiger partial charge on any atom is -0.476 e. The summed E-state index contributed by atoms with van der Waals surface area (Å²) < 4.78 is 6.83. The van der Waals surface area contributed by atoms with E-state index in [0.29, 0.717) is 6.61 Å². The van der Waals surface area contributed by atoms with Gasteiger partial charge in [-0.05, 0) is 32.9 Å². The van der Waals surface area contributed by atoms with Crippen molar-refractivity contribution in [1.29, 1.82) is 0 Å². The number of nitrogens with zero attached hydrogens (tertiary/aromatic N) is 3. The summed E-state index contributed by atoms with van der Waals surface area (Å²) in [6, 6.07) is -0.0181. The fourth-order valence-electron chi connectivity index (χ4n) is 2.57. The SMILES string of the molecule is COCC(C)n1nnc(C(=O)O)c1C1CCNCC1. The summed E-state index contributed by atoms with van der Waals surface area (Å²) in [6.45, 7) is 4.23. The average Bonchev–Trinajstić information content (AvgIpc) is 2.85. The van der Waals surface area contributed by atoms with E-state index in [1.807, 2.05) is 6.92 Å². The van der Waals surface area contributed by atoms with Gasteiger partial charge in [-0.2, -0.15) is 0 Å². The molecule has 1 aromatic rings. The van der Waals surface area contributed by atoms with Crippen LogP contribution in [0, 0.1) is 0 Å². The molecule has 2 heterocycles. The Hall–Kier alpha value is -1.47. The molecule has 0 saturated carbocycles. The van der Waals surface area contributed by atoms with Crippen LogP contribution in [-0.4, -0.2) is 52.9 Å². The van der Waals surface area contributed by atoms with Gasteiger partial charge in [-0.3, -0.25) is 0 Å². The Labute approximate surface area is 111 Å². The Morgan fingerprint density at radius 2 is 2.26 bits per heavy atom. The maximum atomic E-state index is 11.3. The predicted molar refractivity (Wildman–Crippen MR) is 68.4 cm³/mol. The lowest BCUT2D eigenvalue weighted by Crippen LogP contribution is -2.29. The number of carboxylic acids is 1. The Kier molecular flexibility index (Phi) is 4.49. The van der Waals surface area contributed by atoms with E-state index < -0.39 is 5.97 Å². The van der Waals surface area contributed by atoms with E-state index in [9.17, 15) is 9.90 Å². The molecule has 2 rings (SSSR count). The van der Waals surface area contributed by atoms with Gasteiger partial charge in [0.25, 0.3) is 0 Å². The zero-order chi connectivity index (χ0) is 13.8. The summed E-state index contributed by atoms with van der Waals surface area (Å²) in [7, 11) is 1.62. The summed E-state index contributed by atoms with van der Waals surface area (Å²) in [6.07, 6.45) is 1.82. The first-order chi connectivity index (χ1) is 9.15. The fraction of sp³-hybridized carbons (Fsp3) is 0.750. The van der Waals surface area contributed by atoms with Crippen molar-refractivity contribution in [3.63, 3.8) is 0 Å². The number of nitrogens with one attached hydrogen (secondary N) is 1. The molecular weight excluding hydrogens is 248 g/mol. The molecule has 1 fully saturated rings. The maximum absolute atomic E-state index is 11.3. The molecule has 0 aromatic carbocycles. The number of carboxylic acid groups (broad SMARTS) is 1. The second-order valence-electron chi connectivity index (χ2n) is 4.90. The lowest BCUT2D eigenvalue weighted by molar-refractivity contribution is 0.0688. The molecule has 2 N–H and O–H groups in total. The number of piperidine rings is 1. The topological polar surface area (TPSA) is 89.3 Å². The van der Waals surface area contributed by atoms with Crippen molar-refractivity contribution in [3.8, 4) is 0 Å². The third kappa shape index (κ3) is 2.93. The van der Waals surface area contributed by atoms with E-state index in [1.54, 1.807) is 11.8 Å². The normalized spacial score (nSPS) is 18.4. The number of rotatable bonds is 5. The number of aromatic nitrogens is 3. The number of hydrogen-bond acceptors (Lipinski definition) is 5. The molecule has 0 radical (unpaired) electrons. The van der Waals surface area contributed by atoms with Gasteiger partial charge in [-0.15, -0.1) is 5.10 Å². The molecule has 1 aliphatic rings. The molecule has 1 unspecified atom stereocenters. The first-order valence-electron chi connectivity index (χ1n) is 6.53. The van der Waals surface area contributed by atoms with E-state index in [4.69, 9.17) is 4.74 Å². The van der Waals surface area contributed by atoms with Gasteiger partial charge in [0.15, 0.2) is 5.69 Å². The van der Waals surface area contributed by atoms with Crippen molar-refractivity contribution >= 4 is 5.97 Å². The molecule has 0 spiro atoms. The minimum absolute atomic E-state index is 0.0181. The molecule has 7 heteroatoms. The predicted octanol–water partition coefficient (Wildman–Crippen LogP) is 0.651. The van der Waals surface area contributed by atoms with Crippen LogP contribution in [0.4, 0.5) is 0 Å². The Morgan fingerprint density at radius 3 is 2.84 bits per heavy atom. The third-order valence-electron chi connectivity index (χ3n) is 3.48. The molecule has 1 atom stereocenters. The van der Waals surface area contributed by atoms with E-state index in [2.05, 4.69) is 15.6 Å². The van der Waals surface area contributed by atoms with Gasteiger partial charge >= 0.3 is 5.97 Å². The molecule has 1 saturated heterocycles. The lowest BCUT2D eigenvalue weighted by Gasteiger charge is -2.25. The Morgan fingerprint density at radius 1 is 1.58 bits per heavy atom. The highest BCUT2D eigenvalue weighted by molar-refractivity contribution is 5.86. The van der Waals surface area contributed by atoms with Gasteiger partial charge in [0, 0.05) is 13.0 Å². The first kappa shape index (κ1) is 14.0. The summed E-state index contributed by atoms with van der Waals surface area (Å²) in [5, 5.41) is 20.4. The van der Waals surface area contributed by atoms with E-state index in [0.717, 1.165) is 31.6 Å². The van der Waals surface area contributed by atoms with Gasteiger partial charge in [0.2, 0.25) is 0 Å². The van der Waals surface area contributed by atoms with Gasteiger partial charge in [0.05, 0.1) is 18.3 Å². The maximum Gasteiger partial charge on any atom is 0.358 e. The number of hydrogen-bond donors (Lipinski definition) is 2. The smallest absolute Gasteiger partial charge is 0.358 e. The molecule has 1 aliphatic heterocycles. The van der Waals surface area contributed by atoms with Crippen LogP contribution in [0.3, 0.4) is 0 Å². The second kappa shape index (κ2) is 6.12. The monoisotopic (exact) mass is 268 g/mol. The van der Waals surface area contributed by atoms with Crippen molar-refractivity contribution in [2.75, 3.05) is 26.8 Å². The number of methoxy groups -OCH3 is 1. The van der Waals surface area contributed by atoms with Gasteiger partial charge < -0.3 is 15.2 Å². The van der Waals surface area contributed by atoms with Crippen LogP contribution in [0.1, 0.15) is 47.9 Å². The van der Waals surface area contributed by atoms with Gasteiger partial charge in [0.1, 0.15) is 0 Å². The summed E-state index contributed by atoms with van der Waals surface area (Å²) in [5.41, 5.74) is 0.813. The van der Waals surface area contributed by atoms with Crippen LogP contribution in [-0.2, 0) is 4.74 Å². The molecule has 0 aliphatic carbocycles. The van der Waals surface area contributed by atoms with Crippen molar-refractivity contribution in [2.24, 2.45) is 0 Å². The standard InChI is InChI=1S/C12H20N4O3/c1-8(7-19-2)16-11(9-3-5-13-6-4-9)10(12(17)18)14-15-16/h8-9,13H,3-7H2,1-2H3,(H,17,18). The molecule has 1 aromatic heterocycles. The van der Waals surface area contributed by atoms with Crippen LogP contribution < -0.4 is 5.32 Å². The second-order valence-corrected chi connectivity index (χ2v) is 4.90. The summed E-state index contributed by atoms with van der Waals surface area (Å²) >= 11 is 0. The van der Waals surface area contributed by atoms with Crippen LogP contribution in [0.2, 0.25) is 0 Å². The van der Waals surface area contributed by atoms with Crippen molar-refractivity contribution in [2.45, 2.75) is 31.7 Å². The van der Waals surface area contributed by atoms with E-state index in [1.165, 1.54) is 0 Å². The van der Waals surface area contributed by atoms with Crippen LogP contribution in [0.5, 0.6) is 0 Å². The largest absolute Gasteiger partial charge is 0.476 e. The van der Waals surface area contributed by atoms with Crippen LogP contribution in [0.15, 0.2) is 0 Å². The Bertz CT molecular complexity index is 440. The fourth-order valence-corrected chi connectivity index (χ4v) is 2.57. The quantitative estimate of drug-likeness (QED) is 0.815. The van der Waals surface area contributed by atoms with Gasteiger partial charge in [-0.1, -0.05) is 5.21 Å². The third-order valence-corrected chi connectivity index (χ3v) is 3.48. The molecule has 0 bridgehead atoms. The summed E-state index contributed by atoms with van der Waals surface area (Å²) in [5.74, 6) is -0.814. The molecule has 7 nitrogen and oxygen atoms in total. The van der Waals surface area contributed by atoms with E-state index >= 15 is 0 Å². The molecule has 19 heavy (non-hydrogen) atoms.